The summed E-state index contributed by atoms with van der Waals surface area (Å²) in [6.45, 7) is 7.93. The van der Waals surface area contributed by atoms with Crippen LogP contribution < -0.4 is 5.32 Å². The topological polar surface area (TPSA) is 85.6 Å². The Morgan fingerprint density at radius 3 is 2.80 bits per heavy atom. The number of hydrogen-bond donors (Lipinski definition) is 1. The van der Waals surface area contributed by atoms with Crippen LogP contribution in [-0.4, -0.2) is 36.9 Å². The lowest BCUT2D eigenvalue weighted by molar-refractivity contribution is -0.113. The number of nitrogens with zero attached hydrogens (tertiary/aromatic N) is 5. The van der Waals surface area contributed by atoms with E-state index in [9.17, 15) is 4.79 Å². The number of anilines is 1. The lowest BCUT2D eigenvalue weighted by Crippen LogP contribution is -2.14. The van der Waals surface area contributed by atoms with Crippen LogP contribution >= 0.6 is 23.1 Å². The number of thiazole rings is 1. The Morgan fingerprint density at radius 1 is 1.28 bits per heavy atom. The molecule has 2 heterocycles. The van der Waals surface area contributed by atoms with Crippen molar-refractivity contribution in [1.82, 2.24) is 25.2 Å². The fourth-order valence-corrected chi connectivity index (χ4v) is 3.69. The molecule has 0 spiro atoms. The number of tetrazole rings is 1. The normalized spacial score (nSPS) is 10.9. The number of hydrogen-bond acceptors (Lipinski definition) is 7. The minimum absolute atomic E-state index is 0.130. The first kappa shape index (κ1) is 17.6. The molecule has 0 fully saturated rings. The molecule has 0 atom stereocenters. The fraction of sp³-hybridized carbons (Fsp3) is 0.312. The molecule has 0 unspecified atom stereocenters. The summed E-state index contributed by atoms with van der Waals surface area (Å²) >= 11 is 2.76. The van der Waals surface area contributed by atoms with Crippen LogP contribution in [0.5, 0.6) is 0 Å². The molecule has 9 heteroatoms. The molecule has 25 heavy (non-hydrogen) atoms. The summed E-state index contributed by atoms with van der Waals surface area (Å²) in [6, 6.07) is 6.10. The second-order valence-corrected chi connectivity index (χ2v) is 7.81. The number of aromatic nitrogens is 5. The van der Waals surface area contributed by atoms with Crippen molar-refractivity contribution in [2.45, 2.75) is 32.9 Å². The van der Waals surface area contributed by atoms with Crippen LogP contribution in [0.3, 0.4) is 0 Å². The van der Waals surface area contributed by atoms with Crippen LogP contribution in [0.4, 0.5) is 5.13 Å². The summed E-state index contributed by atoms with van der Waals surface area (Å²) in [7, 11) is 0. The standard InChI is InChI=1S/C16H18N6OS2/c1-9-5-6-10(2)13(7-9)22-16(19-20-21-22)24-8-14(23)18-15-17-11(3)12(4)25-15/h5-7H,8H2,1-4H3,(H,17,18,23). The van der Waals surface area contributed by atoms with Crippen LogP contribution in [-0.2, 0) is 4.79 Å². The van der Waals surface area contributed by atoms with Crippen molar-refractivity contribution in [3.8, 4) is 5.69 Å². The highest BCUT2D eigenvalue weighted by Crippen LogP contribution is 2.23. The molecule has 130 valence electrons. The van der Waals surface area contributed by atoms with E-state index < -0.39 is 0 Å². The zero-order valence-corrected chi connectivity index (χ0v) is 16.0. The third kappa shape index (κ3) is 4.05. The van der Waals surface area contributed by atoms with Gasteiger partial charge in [-0.05, 0) is 55.3 Å². The lowest BCUT2D eigenvalue weighted by Gasteiger charge is -2.08. The highest BCUT2D eigenvalue weighted by atomic mass is 32.2. The molecule has 1 N–H and O–H groups in total. The Hall–Kier alpha value is -2.26. The minimum atomic E-state index is -0.130. The van der Waals surface area contributed by atoms with Gasteiger partial charge in [-0.1, -0.05) is 23.9 Å². The van der Waals surface area contributed by atoms with Gasteiger partial charge in [-0.15, -0.1) is 16.4 Å². The maximum Gasteiger partial charge on any atom is 0.236 e. The molecule has 0 radical (unpaired) electrons. The van der Waals surface area contributed by atoms with Crippen molar-refractivity contribution in [2.24, 2.45) is 0 Å². The van der Waals surface area contributed by atoms with Crippen molar-refractivity contribution in [2.75, 3.05) is 11.1 Å². The van der Waals surface area contributed by atoms with Gasteiger partial charge in [0.05, 0.1) is 17.1 Å². The predicted octanol–water partition coefficient (Wildman–Crippen LogP) is 3.08. The molecule has 0 bridgehead atoms. The van der Waals surface area contributed by atoms with Gasteiger partial charge in [-0.25, -0.2) is 4.98 Å². The van der Waals surface area contributed by atoms with Crippen molar-refractivity contribution in [1.29, 1.82) is 0 Å². The average molecular weight is 374 g/mol. The molecular weight excluding hydrogens is 356 g/mol. The zero-order valence-electron chi connectivity index (χ0n) is 14.4. The first-order valence-corrected chi connectivity index (χ1v) is 9.47. The van der Waals surface area contributed by atoms with Gasteiger partial charge in [0, 0.05) is 4.88 Å². The molecule has 7 nitrogen and oxygen atoms in total. The molecule has 1 amide bonds. The molecule has 3 aromatic rings. The van der Waals surface area contributed by atoms with Crippen molar-refractivity contribution in [3.63, 3.8) is 0 Å². The van der Waals surface area contributed by atoms with E-state index in [2.05, 4.69) is 25.8 Å². The Kier molecular flexibility index (Phi) is 5.14. The van der Waals surface area contributed by atoms with E-state index in [0.717, 1.165) is 27.4 Å². The molecule has 0 saturated heterocycles. The second-order valence-electron chi connectivity index (χ2n) is 5.66. The summed E-state index contributed by atoms with van der Waals surface area (Å²) in [5.74, 6) is 0.0809. The largest absolute Gasteiger partial charge is 0.301 e. The van der Waals surface area contributed by atoms with E-state index in [0.29, 0.717) is 10.3 Å². The number of amides is 1. The van der Waals surface area contributed by atoms with Crippen molar-refractivity contribution >= 4 is 34.1 Å². The minimum Gasteiger partial charge on any atom is -0.301 e. The van der Waals surface area contributed by atoms with Crippen molar-refractivity contribution < 1.29 is 4.79 Å². The molecule has 1 aromatic carbocycles. The number of rotatable bonds is 5. The first-order chi connectivity index (χ1) is 11.9. The number of carbonyl (C=O) groups excluding carboxylic acids is 1. The molecule has 0 aliphatic heterocycles. The van der Waals surface area contributed by atoms with E-state index in [1.807, 2.05) is 45.9 Å². The Morgan fingerprint density at radius 2 is 2.08 bits per heavy atom. The monoisotopic (exact) mass is 374 g/mol. The van der Waals surface area contributed by atoms with E-state index >= 15 is 0 Å². The molecule has 0 saturated carbocycles. The molecule has 0 aliphatic carbocycles. The lowest BCUT2D eigenvalue weighted by atomic mass is 10.1. The van der Waals surface area contributed by atoms with Gasteiger partial charge in [0.2, 0.25) is 11.1 Å². The summed E-state index contributed by atoms with van der Waals surface area (Å²) in [6.07, 6.45) is 0. The van der Waals surface area contributed by atoms with E-state index in [4.69, 9.17) is 0 Å². The summed E-state index contributed by atoms with van der Waals surface area (Å²) in [5, 5.41) is 15.9. The quantitative estimate of drug-likeness (QED) is 0.691. The third-order valence-corrected chi connectivity index (χ3v) is 5.55. The van der Waals surface area contributed by atoms with Gasteiger partial charge in [0.25, 0.3) is 0 Å². The van der Waals surface area contributed by atoms with Gasteiger partial charge in [0.15, 0.2) is 5.13 Å². The highest BCUT2D eigenvalue weighted by Gasteiger charge is 2.14. The maximum absolute atomic E-state index is 12.2. The smallest absolute Gasteiger partial charge is 0.236 e. The van der Waals surface area contributed by atoms with Gasteiger partial charge in [0.1, 0.15) is 0 Å². The highest BCUT2D eigenvalue weighted by molar-refractivity contribution is 7.99. The van der Waals surface area contributed by atoms with Crippen LogP contribution in [0.2, 0.25) is 0 Å². The predicted molar refractivity (Wildman–Crippen MR) is 99.6 cm³/mol. The van der Waals surface area contributed by atoms with Crippen molar-refractivity contribution in [3.05, 3.63) is 39.9 Å². The second kappa shape index (κ2) is 7.32. The number of benzene rings is 1. The zero-order chi connectivity index (χ0) is 18.0. The average Bonchev–Trinajstić information content (AvgIpc) is 3.14. The maximum atomic E-state index is 12.2. The summed E-state index contributed by atoms with van der Waals surface area (Å²) in [4.78, 5) is 17.6. The summed E-state index contributed by atoms with van der Waals surface area (Å²) < 4.78 is 1.66. The van der Waals surface area contributed by atoms with E-state index in [1.54, 1.807) is 4.68 Å². The van der Waals surface area contributed by atoms with Crippen LogP contribution in [0.25, 0.3) is 5.69 Å². The number of aryl methyl sites for hydroxylation is 4. The fourth-order valence-electron chi connectivity index (χ4n) is 2.18. The van der Waals surface area contributed by atoms with Gasteiger partial charge in [-0.2, -0.15) is 4.68 Å². The van der Waals surface area contributed by atoms with Gasteiger partial charge in [-0.3, -0.25) is 4.79 Å². The molecule has 3 rings (SSSR count). The van der Waals surface area contributed by atoms with E-state index in [1.165, 1.54) is 23.1 Å². The molecule has 2 aromatic heterocycles. The molecular formula is C16H18N6OS2. The number of thioether (sulfide) groups is 1. The Balaban J connectivity index is 1.69. The third-order valence-electron chi connectivity index (χ3n) is 3.64. The Labute approximate surface area is 153 Å². The number of nitrogens with one attached hydrogen (secondary N) is 1. The van der Waals surface area contributed by atoms with E-state index in [-0.39, 0.29) is 11.7 Å². The summed E-state index contributed by atoms with van der Waals surface area (Å²) in [5.41, 5.74) is 4.04. The SMILES string of the molecule is Cc1ccc(C)c(-n2nnnc2SCC(=O)Nc2nc(C)c(C)s2)c1. The Bertz CT molecular complexity index is 898. The van der Waals surface area contributed by atoms with Crippen LogP contribution in [0, 0.1) is 27.7 Å². The van der Waals surface area contributed by atoms with Crippen LogP contribution in [0.15, 0.2) is 23.4 Å². The first-order valence-electron chi connectivity index (χ1n) is 7.66. The van der Waals surface area contributed by atoms with Crippen LogP contribution in [0.1, 0.15) is 21.7 Å². The molecule has 0 aliphatic rings. The number of carbonyl (C=O) groups is 1. The van der Waals surface area contributed by atoms with Gasteiger partial charge >= 0.3 is 0 Å². The van der Waals surface area contributed by atoms with Gasteiger partial charge < -0.3 is 5.32 Å².